The topological polar surface area (TPSA) is 51.2 Å². The molecule has 0 aliphatic carbocycles. The van der Waals surface area contributed by atoms with Crippen LogP contribution in [0.25, 0.3) is 0 Å². The summed E-state index contributed by atoms with van der Waals surface area (Å²) in [4.78, 5) is 17.2. The summed E-state index contributed by atoms with van der Waals surface area (Å²) in [7, 11) is 0. The molecule has 0 atom stereocenters. The number of carbonyl (C=O) groups excluding carboxylic acids is 1. The normalized spacial score (nSPS) is 12.7. The van der Waals surface area contributed by atoms with Crippen molar-refractivity contribution in [1.29, 1.82) is 0 Å². The molecule has 1 aliphatic heterocycles. The standard InChI is InChI=1S/C20H16N2O2/c1-13-12-14(10-11-21-13)22-20(23)19-15-6-2-4-8-17(15)24-18-9-5-3-7-16(18)19/h2-12,19H,1H3,(H,21,22,23). The lowest BCUT2D eigenvalue weighted by Crippen LogP contribution is -2.25. The third-order valence-electron chi connectivity index (χ3n) is 4.11. The molecule has 0 fully saturated rings. The number of carbonyl (C=O) groups is 1. The van der Waals surface area contributed by atoms with E-state index in [1.165, 1.54) is 0 Å². The van der Waals surface area contributed by atoms with E-state index >= 15 is 0 Å². The van der Waals surface area contributed by atoms with Gasteiger partial charge in [-0.25, -0.2) is 0 Å². The highest BCUT2D eigenvalue weighted by Crippen LogP contribution is 2.44. The van der Waals surface area contributed by atoms with Crippen LogP contribution in [0.5, 0.6) is 11.5 Å². The molecule has 0 unspecified atom stereocenters. The van der Waals surface area contributed by atoms with Crippen LogP contribution in [-0.2, 0) is 4.79 Å². The Bertz CT molecular complexity index is 875. The number of hydrogen-bond acceptors (Lipinski definition) is 3. The number of nitrogens with one attached hydrogen (secondary N) is 1. The Morgan fingerprint density at radius 1 is 1.00 bits per heavy atom. The maximum atomic E-state index is 13.0. The number of aryl methyl sites for hydroxylation is 1. The first-order chi connectivity index (χ1) is 11.7. The first-order valence-corrected chi connectivity index (χ1v) is 7.81. The summed E-state index contributed by atoms with van der Waals surface area (Å²) in [6.07, 6.45) is 1.69. The van der Waals surface area contributed by atoms with Gasteiger partial charge in [0.1, 0.15) is 11.5 Å². The van der Waals surface area contributed by atoms with E-state index in [0.717, 1.165) is 34.0 Å². The maximum Gasteiger partial charge on any atom is 0.236 e. The predicted octanol–water partition coefficient (Wildman–Crippen LogP) is 4.27. The van der Waals surface area contributed by atoms with Crippen molar-refractivity contribution >= 4 is 11.6 Å². The summed E-state index contributed by atoms with van der Waals surface area (Å²) in [6.45, 7) is 1.90. The van der Waals surface area contributed by atoms with E-state index in [1.807, 2.05) is 61.5 Å². The van der Waals surface area contributed by atoms with Crippen molar-refractivity contribution in [3.05, 3.63) is 83.7 Å². The number of fused-ring (bicyclic) bond motifs is 2. The average molecular weight is 316 g/mol. The number of nitrogens with zero attached hydrogens (tertiary/aromatic N) is 1. The van der Waals surface area contributed by atoms with Gasteiger partial charge >= 0.3 is 0 Å². The Balaban J connectivity index is 1.75. The van der Waals surface area contributed by atoms with Crippen molar-refractivity contribution in [2.75, 3.05) is 5.32 Å². The Morgan fingerprint density at radius 2 is 1.62 bits per heavy atom. The van der Waals surface area contributed by atoms with Gasteiger partial charge in [-0.1, -0.05) is 36.4 Å². The van der Waals surface area contributed by atoms with Crippen molar-refractivity contribution < 1.29 is 9.53 Å². The lowest BCUT2D eigenvalue weighted by Gasteiger charge is -2.27. The molecule has 0 spiro atoms. The third kappa shape index (κ3) is 2.52. The predicted molar refractivity (Wildman–Crippen MR) is 92.4 cm³/mol. The van der Waals surface area contributed by atoms with Crippen LogP contribution in [0, 0.1) is 6.92 Å². The Hall–Kier alpha value is -3.14. The van der Waals surface area contributed by atoms with Gasteiger partial charge in [0.15, 0.2) is 0 Å². The molecule has 0 saturated heterocycles. The molecule has 2 heterocycles. The van der Waals surface area contributed by atoms with E-state index in [0.29, 0.717) is 0 Å². The molecule has 0 radical (unpaired) electrons. The van der Waals surface area contributed by atoms with E-state index in [9.17, 15) is 4.79 Å². The Labute approximate surface area is 140 Å². The summed E-state index contributed by atoms with van der Waals surface area (Å²) in [6, 6.07) is 19.0. The van der Waals surface area contributed by atoms with Gasteiger partial charge in [-0.3, -0.25) is 9.78 Å². The van der Waals surface area contributed by atoms with Crippen molar-refractivity contribution in [2.24, 2.45) is 0 Å². The average Bonchev–Trinajstić information content (AvgIpc) is 2.59. The lowest BCUT2D eigenvalue weighted by molar-refractivity contribution is -0.116. The van der Waals surface area contributed by atoms with Gasteiger partial charge in [0.25, 0.3) is 0 Å². The van der Waals surface area contributed by atoms with Crippen molar-refractivity contribution in [2.45, 2.75) is 12.8 Å². The number of aromatic nitrogens is 1. The smallest absolute Gasteiger partial charge is 0.236 e. The molecule has 0 saturated carbocycles. The number of rotatable bonds is 2. The zero-order valence-electron chi connectivity index (χ0n) is 13.2. The number of benzene rings is 2. The second-order valence-corrected chi connectivity index (χ2v) is 5.79. The Kier molecular flexibility index (Phi) is 3.50. The van der Waals surface area contributed by atoms with E-state index in [4.69, 9.17) is 4.74 Å². The fourth-order valence-corrected chi connectivity index (χ4v) is 3.03. The second-order valence-electron chi connectivity index (χ2n) is 5.79. The number of ether oxygens (including phenoxy) is 1. The highest BCUT2D eigenvalue weighted by molar-refractivity contribution is 5.99. The van der Waals surface area contributed by atoms with E-state index in [-0.39, 0.29) is 5.91 Å². The fourth-order valence-electron chi connectivity index (χ4n) is 3.03. The quantitative estimate of drug-likeness (QED) is 0.768. The van der Waals surface area contributed by atoms with Crippen LogP contribution in [0.4, 0.5) is 5.69 Å². The van der Waals surface area contributed by atoms with Gasteiger partial charge in [-0.2, -0.15) is 0 Å². The largest absolute Gasteiger partial charge is 0.457 e. The van der Waals surface area contributed by atoms with Crippen LogP contribution in [0.3, 0.4) is 0 Å². The summed E-state index contributed by atoms with van der Waals surface area (Å²) in [5.74, 6) is 0.966. The molecule has 118 valence electrons. The molecule has 1 amide bonds. The van der Waals surface area contributed by atoms with Gasteiger partial charge in [0.2, 0.25) is 5.91 Å². The molecule has 24 heavy (non-hydrogen) atoms. The molecule has 1 aliphatic rings. The highest BCUT2D eigenvalue weighted by Gasteiger charge is 2.32. The first-order valence-electron chi connectivity index (χ1n) is 7.81. The maximum absolute atomic E-state index is 13.0. The molecule has 0 bridgehead atoms. The monoisotopic (exact) mass is 316 g/mol. The minimum Gasteiger partial charge on any atom is -0.457 e. The lowest BCUT2D eigenvalue weighted by atomic mass is 9.87. The number of pyridine rings is 1. The minimum absolute atomic E-state index is 0.0798. The van der Waals surface area contributed by atoms with Crippen molar-refractivity contribution in [3.8, 4) is 11.5 Å². The molecule has 4 nitrogen and oxygen atoms in total. The molecule has 3 aromatic rings. The molecule has 4 rings (SSSR count). The molecular weight excluding hydrogens is 300 g/mol. The van der Waals surface area contributed by atoms with Crippen molar-refractivity contribution in [1.82, 2.24) is 4.98 Å². The van der Waals surface area contributed by atoms with Crippen molar-refractivity contribution in [3.63, 3.8) is 0 Å². The SMILES string of the molecule is Cc1cc(NC(=O)C2c3ccccc3Oc3ccccc32)ccn1. The van der Waals surface area contributed by atoms with Gasteiger partial charge in [-0.05, 0) is 31.2 Å². The van der Waals surface area contributed by atoms with Crippen LogP contribution in [0.1, 0.15) is 22.7 Å². The Morgan fingerprint density at radius 3 is 2.25 bits per heavy atom. The van der Waals surface area contributed by atoms with Crippen LogP contribution in [-0.4, -0.2) is 10.9 Å². The minimum atomic E-state index is -0.403. The zero-order chi connectivity index (χ0) is 16.5. The summed E-state index contributed by atoms with van der Waals surface area (Å²) in [5, 5.41) is 3.00. The second kappa shape index (κ2) is 5.81. The van der Waals surface area contributed by atoms with Gasteiger partial charge in [0.05, 0.1) is 5.92 Å². The van der Waals surface area contributed by atoms with Crippen LogP contribution in [0.2, 0.25) is 0 Å². The molecule has 4 heteroatoms. The number of anilines is 1. The first kappa shape index (κ1) is 14.5. The summed E-state index contributed by atoms with van der Waals surface area (Å²) >= 11 is 0. The third-order valence-corrected chi connectivity index (χ3v) is 4.11. The number of hydrogen-bond donors (Lipinski definition) is 1. The van der Waals surface area contributed by atoms with Crippen LogP contribution >= 0.6 is 0 Å². The number of para-hydroxylation sites is 2. The summed E-state index contributed by atoms with van der Waals surface area (Å²) in [5.41, 5.74) is 3.36. The van der Waals surface area contributed by atoms with Crippen LogP contribution in [0.15, 0.2) is 66.9 Å². The van der Waals surface area contributed by atoms with Gasteiger partial charge in [0, 0.05) is 28.7 Å². The molecular formula is C20H16N2O2. The fraction of sp³-hybridized carbons (Fsp3) is 0.100. The molecule has 2 aromatic carbocycles. The van der Waals surface area contributed by atoms with Crippen LogP contribution < -0.4 is 10.1 Å². The van der Waals surface area contributed by atoms with E-state index < -0.39 is 5.92 Å². The van der Waals surface area contributed by atoms with E-state index in [2.05, 4.69) is 10.3 Å². The van der Waals surface area contributed by atoms with Gasteiger partial charge < -0.3 is 10.1 Å². The van der Waals surface area contributed by atoms with E-state index in [1.54, 1.807) is 12.3 Å². The molecule has 1 N–H and O–H groups in total. The number of amides is 1. The summed E-state index contributed by atoms with van der Waals surface area (Å²) < 4.78 is 5.94. The van der Waals surface area contributed by atoms with Gasteiger partial charge in [-0.15, -0.1) is 0 Å². The zero-order valence-corrected chi connectivity index (χ0v) is 13.2. The molecule has 1 aromatic heterocycles. The highest BCUT2D eigenvalue weighted by atomic mass is 16.5.